The molecule has 3 aromatic rings. The molecule has 1 fully saturated rings. The van der Waals surface area contributed by atoms with Gasteiger partial charge in [0.2, 0.25) is 0 Å². The Morgan fingerprint density at radius 1 is 1.16 bits per heavy atom. The van der Waals surface area contributed by atoms with Crippen molar-refractivity contribution in [2.75, 3.05) is 7.11 Å². The first-order chi connectivity index (χ1) is 17.6. The number of nitrogens with zero attached hydrogens (tertiary/aromatic N) is 2. The topological polar surface area (TPSA) is 145 Å². The first kappa shape index (κ1) is 26.3. The van der Waals surface area contributed by atoms with Gasteiger partial charge in [0.05, 0.1) is 21.8 Å². The third-order valence-corrected chi connectivity index (χ3v) is 8.22. The minimum absolute atomic E-state index is 0.00242. The third kappa shape index (κ3) is 5.64. The summed E-state index contributed by atoms with van der Waals surface area (Å²) in [5.41, 5.74) is 2.28. The van der Waals surface area contributed by atoms with Crippen LogP contribution < -0.4 is 14.3 Å². The molecule has 2 heterocycles. The van der Waals surface area contributed by atoms with Gasteiger partial charge in [0.15, 0.2) is 20.7 Å². The molecule has 0 saturated carbocycles. The van der Waals surface area contributed by atoms with Crippen molar-refractivity contribution in [2.24, 2.45) is 0 Å². The number of benzene rings is 2. The molecule has 1 aliphatic rings. The molecule has 1 N–H and O–H groups in total. The van der Waals surface area contributed by atoms with Crippen LogP contribution >= 0.6 is 35.3 Å². The van der Waals surface area contributed by atoms with Crippen molar-refractivity contribution in [1.29, 1.82) is 0 Å². The molecule has 4 rings (SSSR count). The van der Waals surface area contributed by atoms with Gasteiger partial charge in [0.1, 0.15) is 0 Å². The summed E-state index contributed by atoms with van der Waals surface area (Å²) in [7, 11) is -3.29. The predicted molar refractivity (Wildman–Crippen MR) is 141 cm³/mol. The monoisotopic (exact) mass is 577 g/mol. The summed E-state index contributed by atoms with van der Waals surface area (Å²) in [4.78, 5) is 35.6. The van der Waals surface area contributed by atoms with Crippen LogP contribution in [0.25, 0.3) is 6.08 Å². The number of nitrogens with one attached hydrogen (secondary N) is 1. The molecule has 0 atom stereocenters. The van der Waals surface area contributed by atoms with Gasteiger partial charge in [-0.2, -0.15) is 13.4 Å². The molecule has 0 radical (unpaired) electrons. The van der Waals surface area contributed by atoms with Crippen LogP contribution in [0.1, 0.15) is 15.2 Å². The van der Waals surface area contributed by atoms with Crippen LogP contribution in [0.5, 0.6) is 11.5 Å². The number of thioether (sulfide) groups is 1. The largest absolute Gasteiger partial charge is 0.493 e. The van der Waals surface area contributed by atoms with E-state index in [4.69, 9.17) is 21.1 Å². The number of hydrazine groups is 1. The van der Waals surface area contributed by atoms with Crippen molar-refractivity contribution < 1.29 is 31.9 Å². The van der Waals surface area contributed by atoms with Gasteiger partial charge in [-0.05, 0) is 53.5 Å². The summed E-state index contributed by atoms with van der Waals surface area (Å²) in [5, 5.41) is 13.9. The van der Waals surface area contributed by atoms with Crippen LogP contribution in [0.3, 0.4) is 0 Å². The molecule has 15 heteroatoms. The van der Waals surface area contributed by atoms with Gasteiger partial charge in [-0.1, -0.05) is 36.0 Å². The zero-order valence-corrected chi connectivity index (χ0v) is 21.9. The summed E-state index contributed by atoms with van der Waals surface area (Å²) >= 11 is 7.40. The number of carbonyl (C=O) groups is 2. The van der Waals surface area contributed by atoms with Crippen molar-refractivity contribution in [2.45, 2.75) is 4.90 Å². The number of hydrogen-bond acceptors (Lipinski definition) is 11. The van der Waals surface area contributed by atoms with E-state index in [9.17, 15) is 28.1 Å². The van der Waals surface area contributed by atoms with E-state index in [1.807, 2.05) is 0 Å². The molecule has 0 aliphatic carbocycles. The fourth-order valence-corrected chi connectivity index (χ4v) is 6.01. The first-order valence-corrected chi connectivity index (χ1v) is 13.6. The van der Waals surface area contributed by atoms with Crippen molar-refractivity contribution in [3.63, 3.8) is 0 Å². The normalized spacial score (nSPS) is 14.6. The molecule has 37 heavy (non-hydrogen) atoms. The van der Waals surface area contributed by atoms with E-state index in [2.05, 4.69) is 5.43 Å². The summed E-state index contributed by atoms with van der Waals surface area (Å²) in [5.74, 6) is -1.24. The third-order valence-electron chi connectivity index (χ3n) is 4.77. The fourth-order valence-electron chi connectivity index (χ4n) is 3.11. The SMILES string of the molecule is COc1cc(/C=C2\SC(=S)N(NC(=O)c3cccs3)C2=O)ccc1OS(=O)(=O)c1ccccc1[N+](=O)[O-]. The Labute approximate surface area is 223 Å². The van der Waals surface area contributed by atoms with Crippen LogP contribution in [0, 0.1) is 10.1 Å². The number of hydrogen-bond donors (Lipinski definition) is 1. The molecule has 11 nitrogen and oxygen atoms in total. The minimum Gasteiger partial charge on any atom is -0.493 e. The number of thiophene rings is 1. The maximum absolute atomic E-state index is 12.8. The highest BCUT2D eigenvalue weighted by atomic mass is 32.2. The Kier molecular flexibility index (Phi) is 7.58. The number of amides is 2. The molecule has 190 valence electrons. The molecule has 0 bridgehead atoms. The van der Waals surface area contributed by atoms with E-state index in [-0.39, 0.29) is 20.7 Å². The summed E-state index contributed by atoms with van der Waals surface area (Å²) in [6, 6.07) is 12.3. The Balaban J connectivity index is 1.56. The molecule has 2 aromatic carbocycles. The van der Waals surface area contributed by atoms with Gasteiger partial charge in [-0.15, -0.1) is 11.3 Å². The van der Waals surface area contributed by atoms with Crippen molar-refractivity contribution in [3.05, 3.63) is 85.4 Å². The molecule has 0 unspecified atom stereocenters. The van der Waals surface area contributed by atoms with E-state index in [0.717, 1.165) is 28.9 Å². The maximum atomic E-state index is 12.8. The number of thiocarbonyl (C=S) groups is 1. The number of rotatable bonds is 8. The zero-order valence-electron chi connectivity index (χ0n) is 18.6. The molecular weight excluding hydrogens is 563 g/mol. The molecule has 0 spiro atoms. The molecular formula is C22H15N3O8S4. The van der Waals surface area contributed by atoms with Gasteiger partial charge in [-0.25, -0.2) is 0 Å². The quantitative estimate of drug-likeness (QED) is 0.137. The van der Waals surface area contributed by atoms with Gasteiger partial charge in [-0.3, -0.25) is 25.1 Å². The summed E-state index contributed by atoms with van der Waals surface area (Å²) in [6.45, 7) is 0. The molecule has 2 amide bonds. The lowest BCUT2D eigenvalue weighted by Gasteiger charge is -2.14. The fraction of sp³-hybridized carbons (Fsp3) is 0.0455. The van der Waals surface area contributed by atoms with Gasteiger partial charge >= 0.3 is 10.1 Å². The standard InChI is InChI=1S/C22H15N3O8S4/c1-32-16-11-13(8-9-15(16)33-37(30,31)19-7-3-2-5-14(19)25(28)29)12-18-21(27)24(22(34)36-18)23-20(26)17-6-4-10-35-17/h2-12H,1H3,(H,23,26)/b18-12-. The van der Waals surface area contributed by atoms with Crippen molar-refractivity contribution in [1.82, 2.24) is 10.4 Å². The lowest BCUT2D eigenvalue weighted by Crippen LogP contribution is -2.44. The molecule has 1 saturated heterocycles. The number of ether oxygens (including phenoxy) is 1. The summed E-state index contributed by atoms with van der Waals surface area (Å²) in [6.07, 6.45) is 1.49. The second kappa shape index (κ2) is 10.7. The number of methoxy groups -OCH3 is 1. The Morgan fingerprint density at radius 2 is 1.92 bits per heavy atom. The second-order valence-electron chi connectivity index (χ2n) is 7.11. The first-order valence-electron chi connectivity index (χ1n) is 10.1. The summed E-state index contributed by atoms with van der Waals surface area (Å²) < 4.78 is 36.0. The number of para-hydroxylation sites is 1. The zero-order chi connectivity index (χ0) is 26.7. The lowest BCUT2D eigenvalue weighted by molar-refractivity contribution is -0.387. The van der Waals surface area contributed by atoms with Crippen LogP contribution in [0.2, 0.25) is 0 Å². The highest BCUT2D eigenvalue weighted by Gasteiger charge is 2.34. The van der Waals surface area contributed by atoms with Crippen LogP contribution in [-0.2, 0) is 14.9 Å². The van der Waals surface area contributed by atoms with E-state index in [1.165, 1.54) is 54.9 Å². The van der Waals surface area contributed by atoms with Crippen molar-refractivity contribution in [3.8, 4) is 11.5 Å². The Morgan fingerprint density at radius 3 is 2.59 bits per heavy atom. The van der Waals surface area contributed by atoms with Crippen LogP contribution in [0.15, 0.2) is 69.8 Å². The van der Waals surface area contributed by atoms with Gasteiger partial charge in [0.25, 0.3) is 17.5 Å². The van der Waals surface area contributed by atoms with Gasteiger partial charge in [0, 0.05) is 6.07 Å². The Bertz CT molecular complexity index is 1550. The van der Waals surface area contributed by atoms with E-state index in [1.54, 1.807) is 17.5 Å². The molecule has 1 aliphatic heterocycles. The lowest BCUT2D eigenvalue weighted by atomic mass is 10.2. The van der Waals surface area contributed by atoms with Crippen molar-refractivity contribution >= 4 is 73.3 Å². The van der Waals surface area contributed by atoms with E-state index < -0.39 is 37.4 Å². The Hall–Kier alpha value is -3.79. The van der Waals surface area contributed by atoms with Crippen LogP contribution in [0.4, 0.5) is 5.69 Å². The second-order valence-corrected chi connectivity index (χ2v) is 11.2. The number of nitro groups is 1. The number of carbonyl (C=O) groups excluding carboxylic acids is 2. The molecule has 1 aromatic heterocycles. The minimum atomic E-state index is -4.57. The van der Waals surface area contributed by atoms with Crippen LogP contribution in [-0.4, -0.2) is 41.6 Å². The van der Waals surface area contributed by atoms with E-state index in [0.29, 0.717) is 10.4 Å². The predicted octanol–water partition coefficient (Wildman–Crippen LogP) is 3.98. The maximum Gasteiger partial charge on any atom is 0.346 e. The average Bonchev–Trinajstić information content (AvgIpc) is 3.50. The highest BCUT2D eigenvalue weighted by Crippen LogP contribution is 2.36. The smallest absolute Gasteiger partial charge is 0.346 e. The highest BCUT2D eigenvalue weighted by molar-refractivity contribution is 8.26. The van der Waals surface area contributed by atoms with E-state index >= 15 is 0 Å². The number of nitro benzene ring substituents is 1. The average molecular weight is 578 g/mol. The van der Waals surface area contributed by atoms with Gasteiger partial charge < -0.3 is 8.92 Å².